The van der Waals surface area contributed by atoms with E-state index < -0.39 is 0 Å². The number of amides is 1. The van der Waals surface area contributed by atoms with Gasteiger partial charge in [-0.15, -0.1) is 0 Å². The van der Waals surface area contributed by atoms with Crippen molar-refractivity contribution in [1.82, 2.24) is 19.6 Å². The topological polar surface area (TPSA) is 58.9 Å². The number of nitrogens with one attached hydrogen (secondary N) is 1. The minimum absolute atomic E-state index is 0.0489. The van der Waals surface area contributed by atoms with Crippen molar-refractivity contribution >= 4 is 11.6 Å². The Balaban J connectivity index is 1.38. The molecule has 0 radical (unpaired) electrons. The van der Waals surface area contributed by atoms with Crippen molar-refractivity contribution in [2.45, 2.75) is 38.8 Å². The normalized spacial score (nSPS) is 22.0. The van der Waals surface area contributed by atoms with Crippen LogP contribution in [-0.4, -0.2) is 52.5 Å². The zero-order valence-electron chi connectivity index (χ0n) is 14.8. The summed E-state index contributed by atoms with van der Waals surface area (Å²) in [7, 11) is 0. The average molecular weight is 342 g/mol. The van der Waals surface area contributed by atoms with Gasteiger partial charge in [-0.05, 0) is 37.8 Å². The second-order valence-electron chi connectivity index (χ2n) is 7.23. The van der Waals surface area contributed by atoms with Gasteiger partial charge in [0.2, 0.25) is 5.91 Å². The highest BCUT2D eigenvalue weighted by Crippen LogP contribution is 2.28. The van der Waals surface area contributed by atoms with Crippen LogP contribution in [0.4, 0.5) is 0 Å². The molecule has 3 heterocycles. The van der Waals surface area contributed by atoms with Crippen LogP contribution in [0.25, 0.3) is 5.65 Å². The minimum Gasteiger partial charge on any atom is -0.378 e. The summed E-state index contributed by atoms with van der Waals surface area (Å²) in [5.41, 5.74) is 2.93. The maximum absolute atomic E-state index is 12.7. The molecule has 2 aromatic rings. The summed E-state index contributed by atoms with van der Waals surface area (Å²) < 4.78 is 7.61. The van der Waals surface area contributed by atoms with Crippen molar-refractivity contribution < 1.29 is 9.53 Å². The number of rotatable bonds is 5. The van der Waals surface area contributed by atoms with E-state index in [1.165, 1.54) is 19.3 Å². The van der Waals surface area contributed by atoms with Crippen molar-refractivity contribution in [3.63, 3.8) is 0 Å². The quantitative estimate of drug-likeness (QED) is 0.900. The lowest BCUT2D eigenvalue weighted by Crippen LogP contribution is -2.55. The maximum Gasteiger partial charge on any atom is 0.240 e. The van der Waals surface area contributed by atoms with E-state index in [1.54, 1.807) is 0 Å². The molecule has 4 rings (SSSR count). The number of morpholine rings is 1. The predicted molar refractivity (Wildman–Crippen MR) is 95.3 cm³/mol. The Bertz CT molecular complexity index is 753. The molecule has 2 fully saturated rings. The first kappa shape index (κ1) is 16.5. The van der Waals surface area contributed by atoms with Gasteiger partial charge < -0.3 is 14.5 Å². The highest BCUT2D eigenvalue weighted by Gasteiger charge is 2.32. The van der Waals surface area contributed by atoms with E-state index in [4.69, 9.17) is 4.74 Å². The third kappa shape index (κ3) is 3.55. The average Bonchev–Trinajstić information content (AvgIpc) is 3.01. The van der Waals surface area contributed by atoms with E-state index in [2.05, 4.69) is 28.2 Å². The Morgan fingerprint density at radius 2 is 2.28 bits per heavy atom. The molecular weight excluding hydrogens is 316 g/mol. The van der Waals surface area contributed by atoms with Crippen LogP contribution in [0.3, 0.4) is 0 Å². The molecular formula is C19H26N4O2. The molecule has 6 heteroatoms. The van der Waals surface area contributed by atoms with Crippen molar-refractivity contribution in [3.05, 3.63) is 35.8 Å². The number of hydrogen-bond donors (Lipinski definition) is 1. The molecule has 1 saturated heterocycles. The number of fused-ring (bicyclic) bond motifs is 1. The van der Waals surface area contributed by atoms with Gasteiger partial charge >= 0.3 is 0 Å². The van der Waals surface area contributed by atoms with Crippen LogP contribution in [0, 0.1) is 12.8 Å². The van der Waals surface area contributed by atoms with E-state index in [-0.39, 0.29) is 11.9 Å². The minimum atomic E-state index is -0.173. The Kier molecular flexibility index (Phi) is 4.72. The second kappa shape index (κ2) is 7.14. The first-order valence-electron chi connectivity index (χ1n) is 9.24. The summed E-state index contributed by atoms with van der Waals surface area (Å²) in [6, 6.07) is 5.85. The van der Waals surface area contributed by atoms with Crippen molar-refractivity contribution in [1.29, 1.82) is 0 Å². The number of carbonyl (C=O) groups is 1. The third-order valence-corrected chi connectivity index (χ3v) is 5.45. The molecule has 0 aromatic carbocycles. The molecule has 1 saturated carbocycles. The number of carbonyl (C=O) groups excluding carboxylic acids is 1. The zero-order valence-corrected chi connectivity index (χ0v) is 14.8. The fourth-order valence-corrected chi connectivity index (χ4v) is 3.68. The molecule has 0 spiro atoms. The lowest BCUT2D eigenvalue weighted by molar-refractivity contribution is -0.133. The summed E-state index contributed by atoms with van der Waals surface area (Å²) in [5, 5.41) is 3.05. The standard InChI is InChI=1S/C19H26N4O2/c1-14-4-2-7-18-21-16(12-23(14)18)10-20-19(24)17-13-25-9-8-22(17)11-15-5-3-6-15/h2,4,7,12,15,17H,3,5-6,8-11,13H2,1H3,(H,20,24)/t17-/m1/s1. The highest BCUT2D eigenvalue weighted by atomic mass is 16.5. The summed E-state index contributed by atoms with van der Waals surface area (Å²) in [6.45, 7) is 5.59. The number of aromatic nitrogens is 2. The Hall–Kier alpha value is -1.92. The number of nitrogens with zero attached hydrogens (tertiary/aromatic N) is 3. The van der Waals surface area contributed by atoms with Crippen molar-refractivity contribution in [2.24, 2.45) is 5.92 Å². The number of hydrogen-bond acceptors (Lipinski definition) is 4. The predicted octanol–water partition coefficient (Wildman–Crippen LogP) is 1.76. The molecule has 0 bridgehead atoms. The Morgan fingerprint density at radius 3 is 3.04 bits per heavy atom. The van der Waals surface area contributed by atoms with Gasteiger partial charge in [-0.25, -0.2) is 4.98 Å². The molecule has 1 atom stereocenters. The lowest BCUT2D eigenvalue weighted by atomic mass is 9.84. The third-order valence-electron chi connectivity index (χ3n) is 5.45. The number of ether oxygens (including phenoxy) is 1. The summed E-state index contributed by atoms with van der Waals surface area (Å²) in [6.07, 6.45) is 5.92. The molecule has 2 aromatic heterocycles. The van der Waals surface area contributed by atoms with Crippen molar-refractivity contribution in [3.8, 4) is 0 Å². The van der Waals surface area contributed by atoms with Crippen LogP contribution in [0.15, 0.2) is 24.4 Å². The van der Waals surface area contributed by atoms with Crippen LogP contribution in [0.2, 0.25) is 0 Å². The monoisotopic (exact) mass is 342 g/mol. The van der Waals surface area contributed by atoms with Gasteiger partial charge in [0.05, 0.1) is 25.5 Å². The molecule has 1 amide bonds. The second-order valence-corrected chi connectivity index (χ2v) is 7.23. The fraction of sp³-hybridized carbons (Fsp3) is 0.579. The molecule has 134 valence electrons. The van der Waals surface area contributed by atoms with Crippen LogP contribution in [0.1, 0.15) is 30.7 Å². The SMILES string of the molecule is Cc1cccc2nc(CNC(=O)[C@H]3COCCN3CC3CCC3)cn12. The van der Waals surface area contributed by atoms with Crippen LogP contribution in [-0.2, 0) is 16.1 Å². The number of pyridine rings is 1. The molecule has 0 unspecified atom stereocenters. The van der Waals surface area contributed by atoms with E-state index in [1.807, 2.05) is 22.7 Å². The smallest absolute Gasteiger partial charge is 0.240 e. The highest BCUT2D eigenvalue weighted by molar-refractivity contribution is 5.82. The van der Waals surface area contributed by atoms with Gasteiger partial charge in [0.25, 0.3) is 0 Å². The largest absolute Gasteiger partial charge is 0.378 e. The zero-order chi connectivity index (χ0) is 17.2. The Morgan fingerprint density at radius 1 is 1.40 bits per heavy atom. The van der Waals surface area contributed by atoms with E-state index in [9.17, 15) is 4.79 Å². The lowest BCUT2D eigenvalue weighted by Gasteiger charge is -2.39. The first-order valence-corrected chi connectivity index (χ1v) is 9.24. The van der Waals surface area contributed by atoms with Crippen LogP contribution >= 0.6 is 0 Å². The maximum atomic E-state index is 12.7. The van der Waals surface area contributed by atoms with Gasteiger partial charge in [-0.1, -0.05) is 12.5 Å². The van der Waals surface area contributed by atoms with E-state index in [0.29, 0.717) is 13.2 Å². The van der Waals surface area contributed by atoms with Gasteiger partial charge in [0.15, 0.2) is 0 Å². The molecule has 1 aliphatic heterocycles. The van der Waals surface area contributed by atoms with Gasteiger partial charge in [0, 0.05) is 25.0 Å². The van der Waals surface area contributed by atoms with E-state index in [0.717, 1.165) is 42.6 Å². The first-order chi connectivity index (χ1) is 12.2. The number of aryl methyl sites for hydroxylation is 1. The summed E-state index contributed by atoms with van der Waals surface area (Å²) in [5.74, 6) is 0.808. The molecule has 6 nitrogen and oxygen atoms in total. The molecule has 2 aliphatic rings. The molecule has 25 heavy (non-hydrogen) atoms. The van der Waals surface area contributed by atoms with Gasteiger partial charge in [-0.3, -0.25) is 9.69 Å². The molecule has 1 N–H and O–H groups in total. The van der Waals surface area contributed by atoms with Crippen LogP contribution < -0.4 is 5.32 Å². The number of imidazole rings is 1. The Labute approximate surface area is 148 Å². The fourth-order valence-electron chi connectivity index (χ4n) is 3.68. The molecule has 1 aliphatic carbocycles. The van der Waals surface area contributed by atoms with Crippen molar-refractivity contribution in [2.75, 3.05) is 26.3 Å². The summed E-state index contributed by atoms with van der Waals surface area (Å²) >= 11 is 0. The van der Waals surface area contributed by atoms with Gasteiger partial charge in [-0.2, -0.15) is 0 Å². The summed E-state index contributed by atoms with van der Waals surface area (Å²) in [4.78, 5) is 19.6. The van der Waals surface area contributed by atoms with Crippen LogP contribution in [0.5, 0.6) is 0 Å². The van der Waals surface area contributed by atoms with E-state index >= 15 is 0 Å². The van der Waals surface area contributed by atoms with Gasteiger partial charge in [0.1, 0.15) is 11.7 Å².